The number of amidine groups is 2. The van der Waals surface area contributed by atoms with Crippen LogP contribution < -0.4 is 10.6 Å². The van der Waals surface area contributed by atoms with Crippen LogP contribution in [0.3, 0.4) is 0 Å². The lowest BCUT2D eigenvalue weighted by Crippen LogP contribution is -2.64. The Morgan fingerprint density at radius 1 is 1.21 bits per heavy atom. The van der Waals surface area contributed by atoms with Gasteiger partial charge >= 0.3 is 0 Å². The number of benzene rings is 1. The maximum absolute atomic E-state index is 13.4. The zero-order chi connectivity index (χ0) is 27.7. The number of fused-ring (bicyclic) bond motifs is 3. The maximum Gasteiger partial charge on any atom is 0.254 e. The van der Waals surface area contributed by atoms with Crippen LogP contribution in [-0.4, -0.2) is 78.2 Å². The molecule has 2 unspecified atom stereocenters. The molecular formula is C29H37N7O2. The van der Waals surface area contributed by atoms with Crippen molar-refractivity contribution in [2.24, 2.45) is 15.9 Å². The number of amides is 2. The van der Waals surface area contributed by atoms with Gasteiger partial charge in [-0.25, -0.2) is 0 Å². The van der Waals surface area contributed by atoms with E-state index in [1.807, 2.05) is 45.9 Å². The number of hydrogen-bond acceptors (Lipinski definition) is 7. The molecule has 38 heavy (non-hydrogen) atoms. The van der Waals surface area contributed by atoms with E-state index >= 15 is 0 Å². The monoisotopic (exact) mass is 515 g/mol. The summed E-state index contributed by atoms with van der Waals surface area (Å²) in [6.07, 6.45) is 6.99. The van der Waals surface area contributed by atoms with Crippen LogP contribution in [0.1, 0.15) is 43.6 Å². The van der Waals surface area contributed by atoms with Crippen molar-refractivity contribution in [3.8, 4) is 6.07 Å². The van der Waals surface area contributed by atoms with Gasteiger partial charge in [-0.3, -0.25) is 24.5 Å². The van der Waals surface area contributed by atoms with Gasteiger partial charge in [0.15, 0.2) is 0 Å². The third kappa shape index (κ3) is 6.84. The van der Waals surface area contributed by atoms with Crippen LogP contribution >= 0.6 is 0 Å². The van der Waals surface area contributed by atoms with Gasteiger partial charge in [-0.1, -0.05) is 58.6 Å². The molecule has 2 bridgehead atoms. The van der Waals surface area contributed by atoms with Gasteiger partial charge in [0.1, 0.15) is 23.9 Å². The predicted octanol–water partition coefficient (Wildman–Crippen LogP) is 2.89. The van der Waals surface area contributed by atoms with E-state index in [4.69, 9.17) is 15.2 Å². The van der Waals surface area contributed by atoms with E-state index in [-0.39, 0.29) is 23.9 Å². The molecule has 0 aliphatic carbocycles. The summed E-state index contributed by atoms with van der Waals surface area (Å²) in [4.78, 5) is 40.0. The minimum atomic E-state index is -0.594. The van der Waals surface area contributed by atoms with E-state index in [9.17, 15) is 9.59 Å². The number of carbonyl (C=O) groups excluding carboxylic acids is 2. The molecule has 4 rings (SSSR count). The van der Waals surface area contributed by atoms with Crippen molar-refractivity contribution < 1.29 is 9.59 Å². The number of nitriles is 1. The van der Waals surface area contributed by atoms with Crippen molar-refractivity contribution >= 4 is 23.5 Å². The number of rotatable bonds is 4. The molecular weight excluding hydrogens is 478 g/mol. The van der Waals surface area contributed by atoms with Crippen LogP contribution in [0.15, 0.2) is 70.7 Å². The Hall–Kier alpha value is -4.03. The van der Waals surface area contributed by atoms with Gasteiger partial charge in [-0.15, -0.1) is 0 Å². The highest BCUT2D eigenvalue weighted by Crippen LogP contribution is 2.18. The average molecular weight is 516 g/mol. The predicted molar refractivity (Wildman–Crippen MR) is 151 cm³/mol. The van der Waals surface area contributed by atoms with E-state index in [1.54, 1.807) is 35.2 Å². The fourth-order valence-corrected chi connectivity index (χ4v) is 4.39. The van der Waals surface area contributed by atoms with Crippen molar-refractivity contribution in [2.45, 2.75) is 39.9 Å². The number of hydrogen-bond donors (Lipinski definition) is 2. The van der Waals surface area contributed by atoms with Gasteiger partial charge in [0.2, 0.25) is 5.91 Å². The summed E-state index contributed by atoms with van der Waals surface area (Å²) in [5.74, 6) is 1.12. The topological polar surface area (TPSA) is 113 Å². The summed E-state index contributed by atoms with van der Waals surface area (Å²) in [7, 11) is 0. The molecule has 0 spiro atoms. The standard InChI is InChI=1S/C27H31N7O2.C2H6/c1-4-5-6-7-21-15-29-22-16-33-12-13-34(27(36)20-10-8-19(14-28)9-11-20)17-23(33)31-26(35)24(18(2)3)32-25(21)30-22;1-2/h4-11,18,23-24H,1,12-13,15-17H2,2-3H3,(H,31,35)(H,29,30,32);1-2H3/b6-5-,21-7+;. The van der Waals surface area contributed by atoms with Crippen molar-refractivity contribution in [2.75, 3.05) is 32.7 Å². The second-order valence-corrected chi connectivity index (χ2v) is 9.30. The van der Waals surface area contributed by atoms with E-state index in [0.717, 1.165) is 11.4 Å². The number of piperazine rings is 1. The molecule has 3 aliphatic rings. The summed E-state index contributed by atoms with van der Waals surface area (Å²) in [5, 5.41) is 15.5. The van der Waals surface area contributed by atoms with E-state index in [1.165, 1.54) is 0 Å². The minimum Gasteiger partial charge on any atom is -0.337 e. The summed E-state index contributed by atoms with van der Waals surface area (Å²) in [5.41, 5.74) is 1.93. The van der Waals surface area contributed by atoms with Crippen LogP contribution in [0.4, 0.5) is 0 Å². The molecule has 2 atom stereocenters. The van der Waals surface area contributed by atoms with Crippen LogP contribution in [0.2, 0.25) is 0 Å². The number of nitrogens with zero attached hydrogens (tertiary/aromatic N) is 5. The van der Waals surface area contributed by atoms with Gasteiger partial charge in [0.25, 0.3) is 5.91 Å². The quantitative estimate of drug-likeness (QED) is 0.599. The highest BCUT2D eigenvalue weighted by atomic mass is 16.2. The van der Waals surface area contributed by atoms with Gasteiger partial charge in [0.05, 0.1) is 31.3 Å². The third-order valence-electron chi connectivity index (χ3n) is 6.42. The third-order valence-corrected chi connectivity index (χ3v) is 6.42. The van der Waals surface area contributed by atoms with Crippen molar-refractivity contribution in [1.82, 2.24) is 20.4 Å². The highest BCUT2D eigenvalue weighted by Gasteiger charge is 2.35. The number of allylic oxidation sites excluding steroid dienone is 4. The van der Waals surface area contributed by atoms with Crippen molar-refractivity contribution in [1.29, 1.82) is 5.26 Å². The lowest BCUT2D eigenvalue weighted by atomic mass is 10.0. The highest BCUT2D eigenvalue weighted by molar-refractivity contribution is 6.13. The zero-order valence-electron chi connectivity index (χ0n) is 22.6. The Morgan fingerprint density at radius 3 is 2.61 bits per heavy atom. The summed E-state index contributed by atoms with van der Waals surface area (Å²) < 4.78 is 0. The lowest BCUT2D eigenvalue weighted by Gasteiger charge is -2.43. The Labute approximate surface area is 225 Å². The molecule has 200 valence electrons. The molecule has 1 saturated heterocycles. The van der Waals surface area contributed by atoms with Crippen molar-refractivity contribution in [3.63, 3.8) is 0 Å². The van der Waals surface area contributed by atoms with Crippen LogP contribution in [0.25, 0.3) is 0 Å². The summed E-state index contributed by atoms with van der Waals surface area (Å²) in [6.45, 7) is 14.1. The molecule has 2 amide bonds. The fourth-order valence-electron chi connectivity index (χ4n) is 4.39. The average Bonchev–Trinajstić information content (AvgIpc) is 2.94. The molecule has 0 radical (unpaired) electrons. The molecule has 2 N–H and O–H groups in total. The van der Waals surface area contributed by atoms with E-state index in [2.05, 4.69) is 28.2 Å². The molecule has 1 aromatic carbocycles. The van der Waals surface area contributed by atoms with E-state index in [0.29, 0.717) is 49.7 Å². The fraction of sp³-hybridized carbons (Fsp3) is 0.414. The van der Waals surface area contributed by atoms with E-state index < -0.39 is 6.04 Å². The Morgan fingerprint density at radius 2 is 1.95 bits per heavy atom. The first-order valence-corrected chi connectivity index (χ1v) is 13.1. The van der Waals surface area contributed by atoms with Gasteiger partial charge in [-0.05, 0) is 30.2 Å². The van der Waals surface area contributed by atoms with Gasteiger partial charge < -0.3 is 15.5 Å². The molecule has 0 saturated carbocycles. The number of carbonyl (C=O) groups is 2. The molecule has 9 nitrogen and oxygen atoms in total. The summed E-state index contributed by atoms with van der Waals surface area (Å²) >= 11 is 0. The Kier molecular flexibility index (Phi) is 10.1. The normalized spacial score (nSPS) is 22.7. The van der Waals surface area contributed by atoms with Gasteiger partial charge in [0, 0.05) is 24.2 Å². The largest absolute Gasteiger partial charge is 0.337 e. The van der Waals surface area contributed by atoms with Crippen molar-refractivity contribution in [3.05, 3.63) is 71.8 Å². The molecule has 1 aromatic rings. The lowest BCUT2D eigenvalue weighted by molar-refractivity contribution is -0.125. The zero-order valence-corrected chi connectivity index (χ0v) is 22.6. The Bertz CT molecular complexity index is 1190. The number of aliphatic imine (C=N–C) groups is 2. The second-order valence-electron chi connectivity index (χ2n) is 9.30. The molecule has 0 aromatic heterocycles. The van der Waals surface area contributed by atoms with Crippen LogP contribution in [-0.2, 0) is 4.79 Å². The first-order chi connectivity index (χ1) is 18.4. The van der Waals surface area contributed by atoms with Crippen LogP contribution in [0, 0.1) is 17.2 Å². The SMILES string of the molecule is C=C/C=C\C=C1/CN=C2CN3CCN(C(=O)c4ccc(C#N)cc4)CC3NC(=O)C(C(C)C)N=C1N2.CC. The molecule has 9 heteroatoms. The molecule has 1 fully saturated rings. The number of nitrogens with one attached hydrogen (secondary N) is 2. The minimum absolute atomic E-state index is 0.0283. The van der Waals surface area contributed by atoms with Crippen LogP contribution in [0.5, 0.6) is 0 Å². The first-order valence-electron chi connectivity index (χ1n) is 13.1. The molecule has 3 aliphatic heterocycles. The Balaban J connectivity index is 0.00000195. The maximum atomic E-state index is 13.4. The smallest absolute Gasteiger partial charge is 0.254 e. The molecule has 3 heterocycles. The van der Waals surface area contributed by atoms with Gasteiger partial charge in [-0.2, -0.15) is 5.26 Å². The summed E-state index contributed by atoms with van der Waals surface area (Å²) in [6, 6.07) is 8.09. The second kappa shape index (κ2) is 13.5. The first kappa shape index (κ1) is 28.5.